The third kappa shape index (κ3) is 3.64. The zero-order valence-electron chi connectivity index (χ0n) is 20.7. The lowest BCUT2D eigenvalue weighted by Crippen LogP contribution is -2.70. The van der Waals surface area contributed by atoms with Crippen LogP contribution in [-0.2, 0) is 0 Å². The summed E-state index contributed by atoms with van der Waals surface area (Å²) in [6.07, 6.45) is 0. The highest BCUT2D eigenvalue weighted by atomic mass is 19.3. The highest BCUT2D eigenvalue weighted by Gasteiger charge is 2.57. The molecule has 0 spiro atoms. The second-order valence-electron chi connectivity index (χ2n) is 9.59. The summed E-state index contributed by atoms with van der Waals surface area (Å²) in [4.78, 5) is 29.2. The summed E-state index contributed by atoms with van der Waals surface area (Å²) in [7, 11) is 1.51. The van der Waals surface area contributed by atoms with Crippen molar-refractivity contribution in [2.45, 2.75) is 18.9 Å². The van der Waals surface area contributed by atoms with Gasteiger partial charge in [0, 0.05) is 54.0 Å². The third-order valence-electron chi connectivity index (χ3n) is 7.41. The van der Waals surface area contributed by atoms with Crippen LogP contribution in [0.25, 0.3) is 33.4 Å². The number of hydrogen-bond acceptors (Lipinski definition) is 4. The van der Waals surface area contributed by atoms with Crippen LogP contribution >= 0.6 is 0 Å². The van der Waals surface area contributed by atoms with E-state index in [0.717, 1.165) is 0 Å². The molecule has 194 valence electrons. The number of carbonyl (C=O) groups excluding carboxylic acids is 2. The molecule has 4 aromatic rings. The number of anilines is 1. The lowest BCUT2D eigenvalue weighted by atomic mass is 9.91. The molecule has 3 aromatic carbocycles. The Morgan fingerprint density at radius 3 is 2.50 bits per heavy atom. The second-order valence-corrected chi connectivity index (χ2v) is 9.59. The standard InChI is InChI=1S/C29H24F3N3O3/c1-3-34-14-24-29(31,32)15-35(24)28(37)18-6-4-5-17(11-18)20-12-21-23(13-22(20)34)38-26(25(21)27(36)33-2)16-7-9-19(30)10-8-16/h4-13,24H,3,14-15H2,1-2H3,(H,33,36). The molecule has 1 fully saturated rings. The van der Waals surface area contributed by atoms with Gasteiger partial charge < -0.3 is 19.5 Å². The number of likely N-dealkylation sites (N-methyl/N-ethyl adjacent to an activating group) is 1. The topological polar surface area (TPSA) is 65.8 Å². The summed E-state index contributed by atoms with van der Waals surface area (Å²) in [6.45, 7) is 1.59. The van der Waals surface area contributed by atoms with E-state index in [9.17, 15) is 22.8 Å². The first-order valence-corrected chi connectivity index (χ1v) is 12.3. The van der Waals surface area contributed by atoms with E-state index in [2.05, 4.69) is 5.32 Å². The van der Waals surface area contributed by atoms with Crippen molar-refractivity contribution in [3.05, 3.63) is 77.6 Å². The fourth-order valence-electron chi connectivity index (χ4n) is 5.38. The Balaban J connectivity index is 1.63. The van der Waals surface area contributed by atoms with Crippen molar-refractivity contribution in [1.29, 1.82) is 0 Å². The number of amides is 2. The van der Waals surface area contributed by atoms with Gasteiger partial charge in [-0.2, -0.15) is 0 Å². The minimum atomic E-state index is -3.00. The molecule has 2 bridgehead atoms. The van der Waals surface area contributed by atoms with Crippen LogP contribution in [0.5, 0.6) is 0 Å². The Hall–Kier alpha value is -4.27. The molecule has 2 aliphatic rings. The van der Waals surface area contributed by atoms with E-state index in [4.69, 9.17) is 4.42 Å². The number of alkyl halides is 2. The number of nitrogens with one attached hydrogen (secondary N) is 1. The normalized spacial score (nSPS) is 18.0. The van der Waals surface area contributed by atoms with E-state index >= 15 is 0 Å². The van der Waals surface area contributed by atoms with Gasteiger partial charge in [0.05, 0.1) is 12.1 Å². The predicted molar refractivity (Wildman–Crippen MR) is 138 cm³/mol. The number of furan rings is 1. The first kappa shape index (κ1) is 24.1. The summed E-state index contributed by atoms with van der Waals surface area (Å²) >= 11 is 0. The third-order valence-corrected chi connectivity index (χ3v) is 7.41. The van der Waals surface area contributed by atoms with Crippen molar-refractivity contribution >= 4 is 28.5 Å². The van der Waals surface area contributed by atoms with Gasteiger partial charge in [0.25, 0.3) is 17.7 Å². The number of rotatable bonds is 3. The lowest BCUT2D eigenvalue weighted by molar-refractivity contribution is -0.159. The van der Waals surface area contributed by atoms with Gasteiger partial charge in [-0.1, -0.05) is 12.1 Å². The number of benzene rings is 3. The van der Waals surface area contributed by atoms with E-state index in [1.807, 2.05) is 17.9 Å². The first-order chi connectivity index (χ1) is 18.2. The van der Waals surface area contributed by atoms with Crippen LogP contribution in [0.15, 0.2) is 65.1 Å². The van der Waals surface area contributed by atoms with Crippen molar-refractivity contribution in [3.63, 3.8) is 0 Å². The van der Waals surface area contributed by atoms with Crippen molar-refractivity contribution < 1.29 is 27.2 Å². The molecule has 1 N–H and O–H groups in total. The zero-order valence-corrected chi connectivity index (χ0v) is 20.7. The van der Waals surface area contributed by atoms with Crippen LogP contribution in [-0.4, -0.2) is 55.4 Å². The minimum absolute atomic E-state index is 0.0636. The quantitative estimate of drug-likeness (QED) is 0.385. The zero-order chi connectivity index (χ0) is 26.8. The van der Waals surface area contributed by atoms with Gasteiger partial charge in [-0.05, 0) is 55.0 Å². The maximum atomic E-state index is 14.7. The summed E-state index contributed by atoms with van der Waals surface area (Å²) < 4.78 is 49.2. The molecule has 3 heterocycles. The highest BCUT2D eigenvalue weighted by molar-refractivity contribution is 6.13. The Labute approximate surface area is 216 Å². The van der Waals surface area contributed by atoms with E-state index < -0.39 is 30.2 Å². The van der Waals surface area contributed by atoms with Crippen LogP contribution in [0.1, 0.15) is 27.6 Å². The molecule has 2 aliphatic heterocycles. The number of fused-ring (bicyclic) bond motifs is 6. The lowest BCUT2D eigenvalue weighted by Gasteiger charge is -2.49. The number of hydrogen-bond donors (Lipinski definition) is 1. The Bertz CT molecular complexity index is 1600. The molecular weight excluding hydrogens is 495 g/mol. The highest BCUT2D eigenvalue weighted by Crippen LogP contribution is 2.44. The molecule has 38 heavy (non-hydrogen) atoms. The van der Waals surface area contributed by atoms with Crippen molar-refractivity contribution in [2.75, 3.05) is 31.6 Å². The van der Waals surface area contributed by atoms with Crippen molar-refractivity contribution in [1.82, 2.24) is 10.2 Å². The largest absolute Gasteiger partial charge is 0.455 e. The Kier molecular flexibility index (Phi) is 5.48. The fraction of sp³-hybridized carbons (Fsp3) is 0.241. The number of carbonyl (C=O) groups is 2. The molecule has 1 atom stereocenters. The summed E-state index contributed by atoms with van der Waals surface area (Å²) in [5.74, 6) is -3.97. The second kappa shape index (κ2) is 8.65. The minimum Gasteiger partial charge on any atom is -0.455 e. The van der Waals surface area contributed by atoms with E-state index in [-0.39, 0.29) is 23.8 Å². The molecule has 0 saturated carbocycles. The van der Waals surface area contributed by atoms with Crippen molar-refractivity contribution in [3.8, 4) is 22.5 Å². The molecule has 2 amide bonds. The molecule has 0 aliphatic carbocycles. The average molecular weight is 520 g/mol. The summed E-state index contributed by atoms with van der Waals surface area (Å²) in [5.41, 5.74) is 3.56. The van der Waals surface area contributed by atoms with Gasteiger partial charge in [-0.15, -0.1) is 0 Å². The predicted octanol–water partition coefficient (Wildman–Crippen LogP) is 5.57. The van der Waals surface area contributed by atoms with E-state index in [0.29, 0.717) is 45.5 Å². The smallest absolute Gasteiger partial charge is 0.286 e. The number of nitrogens with zero attached hydrogens (tertiary/aromatic N) is 2. The van der Waals surface area contributed by atoms with Crippen LogP contribution in [0.2, 0.25) is 0 Å². The van der Waals surface area contributed by atoms with E-state index in [1.165, 1.54) is 36.2 Å². The molecule has 1 aromatic heterocycles. The molecule has 9 heteroatoms. The van der Waals surface area contributed by atoms with E-state index in [1.54, 1.807) is 30.3 Å². The average Bonchev–Trinajstić information content (AvgIpc) is 3.29. The fourth-order valence-corrected chi connectivity index (χ4v) is 5.38. The van der Waals surface area contributed by atoms with Crippen molar-refractivity contribution in [2.24, 2.45) is 0 Å². The van der Waals surface area contributed by atoms with Crippen LogP contribution in [0.4, 0.5) is 18.9 Å². The monoisotopic (exact) mass is 519 g/mol. The van der Waals surface area contributed by atoms with Crippen LogP contribution in [0, 0.1) is 5.82 Å². The van der Waals surface area contributed by atoms with Crippen LogP contribution < -0.4 is 10.2 Å². The maximum Gasteiger partial charge on any atom is 0.286 e. The van der Waals surface area contributed by atoms with Crippen LogP contribution in [0.3, 0.4) is 0 Å². The van der Waals surface area contributed by atoms with Gasteiger partial charge in [-0.3, -0.25) is 9.59 Å². The van der Waals surface area contributed by atoms with Gasteiger partial charge in [0.15, 0.2) is 0 Å². The number of halogens is 3. The summed E-state index contributed by atoms with van der Waals surface area (Å²) in [5, 5.41) is 3.16. The Morgan fingerprint density at radius 2 is 1.82 bits per heavy atom. The van der Waals surface area contributed by atoms with Gasteiger partial charge >= 0.3 is 0 Å². The van der Waals surface area contributed by atoms with Gasteiger partial charge in [0.2, 0.25) is 0 Å². The molecular formula is C29H24F3N3O3. The van der Waals surface area contributed by atoms with Gasteiger partial charge in [0.1, 0.15) is 23.2 Å². The molecule has 6 nitrogen and oxygen atoms in total. The molecule has 1 unspecified atom stereocenters. The SMILES string of the molecule is CCN1CC2N(CC2(F)F)C(=O)c2cccc(c2)-c2cc3c(C(=O)NC)c(-c4ccc(F)cc4)oc3cc21. The first-order valence-electron chi connectivity index (χ1n) is 12.3. The van der Waals surface area contributed by atoms with Gasteiger partial charge in [-0.25, -0.2) is 13.2 Å². The molecule has 0 radical (unpaired) electrons. The maximum absolute atomic E-state index is 14.7. The molecule has 6 rings (SSSR count). The summed E-state index contributed by atoms with van der Waals surface area (Å²) in [6, 6.07) is 14.8. The molecule has 1 saturated heterocycles. The Morgan fingerprint density at radius 1 is 1.08 bits per heavy atom.